The van der Waals surface area contributed by atoms with Crippen LogP contribution in [0.4, 0.5) is 5.82 Å². The van der Waals surface area contributed by atoms with Gasteiger partial charge in [0.15, 0.2) is 5.82 Å². The molecule has 0 aliphatic carbocycles. The Morgan fingerprint density at radius 1 is 1.25 bits per heavy atom. The van der Waals surface area contributed by atoms with Gasteiger partial charge in [-0.1, -0.05) is 30.4 Å². The van der Waals surface area contributed by atoms with Crippen LogP contribution < -0.4 is 10.6 Å². The highest BCUT2D eigenvalue weighted by atomic mass is 16.5. The molecule has 4 rings (SSSR count). The van der Waals surface area contributed by atoms with Crippen molar-refractivity contribution in [3.05, 3.63) is 54.1 Å². The van der Waals surface area contributed by atoms with Gasteiger partial charge in [-0.25, -0.2) is 9.97 Å². The van der Waals surface area contributed by atoms with Crippen molar-refractivity contribution in [2.45, 2.75) is 12.5 Å². The average Bonchev–Trinajstić information content (AvgIpc) is 3.21. The van der Waals surface area contributed by atoms with Crippen LogP contribution in [0.3, 0.4) is 0 Å². The Morgan fingerprint density at radius 2 is 2.14 bits per heavy atom. The van der Waals surface area contributed by atoms with E-state index in [0.29, 0.717) is 24.0 Å². The molecule has 0 amide bonds. The van der Waals surface area contributed by atoms with Crippen LogP contribution in [0.15, 0.2) is 48.5 Å². The van der Waals surface area contributed by atoms with E-state index < -0.39 is 0 Å². The monoisotopic (exact) mass is 376 g/mol. The van der Waals surface area contributed by atoms with Gasteiger partial charge in [-0.2, -0.15) is 0 Å². The lowest BCUT2D eigenvalue weighted by molar-refractivity contribution is 0.234. The average molecular weight is 376 g/mol. The number of methoxy groups -OCH3 is 1. The third-order valence-corrected chi connectivity index (χ3v) is 4.84. The number of ether oxygens (including phenoxy) is 1. The molecule has 1 aromatic heterocycles. The maximum atomic E-state index is 10.3. The van der Waals surface area contributed by atoms with Gasteiger partial charge in [0, 0.05) is 25.1 Å². The first-order valence-electron chi connectivity index (χ1n) is 9.47. The van der Waals surface area contributed by atoms with Crippen LogP contribution in [0.5, 0.6) is 5.75 Å². The predicted molar refractivity (Wildman–Crippen MR) is 112 cm³/mol. The molecule has 2 heterocycles. The summed E-state index contributed by atoms with van der Waals surface area (Å²) in [5.74, 6) is 1.48. The standard InChI is InChI=1S/C22H24N4O2/c1-28-12-4-5-15-8-9-17-19(13-15)25-22(18-6-2-3-7-20(18)27)26-21(17)24-16-10-11-23-14-16/h2-9,13,16,23,27H,10-12,14H2,1H3,(H,24,25,26)/t16-/m0/s1. The van der Waals surface area contributed by atoms with Crippen molar-refractivity contribution in [3.8, 4) is 17.1 Å². The Labute approximate surface area is 164 Å². The van der Waals surface area contributed by atoms with Crippen molar-refractivity contribution in [2.24, 2.45) is 0 Å². The van der Waals surface area contributed by atoms with Crippen molar-refractivity contribution < 1.29 is 9.84 Å². The summed E-state index contributed by atoms with van der Waals surface area (Å²) in [6.45, 7) is 2.48. The maximum absolute atomic E-state index is 10.3. The molecule has 3 aromatic rings. The second-order valence-electron chi connectivity index (χ2n) is 6.88. The summed E-state index contributed by atoms with van der Waals surface area (Å²) >= 11 is 0. The Balaban J connectivity index is 1.80. The number of nitrogens with one attached hydrogen (secondary N) is 2. The summed E-state index contributed by atoms with van der Waals surface area (Å²) in [5.41, 5.74) is 2.50. The Morgan fingerprint density at radius 3 is 2.93 bits per heavy atom. The van der Waals surface area contributed by atoms with E-state index in [1.54, 1.807) is 19.2 Å². The normalized spacial score (nSPS) is 16.8. The summed E-state index contributed by atoms with van der Waals surface area (Å²) < 4.78 is 5.08. The minimum absolute atomic E-state index is 0.173. The molecule has 1 saturated heterocycles. The molecular weight excluding hydrogens is 352 g/mol. The van der Waals surface area contributed by atoms with Crippen LogP contribution in [0.25, 0.3) is 28.4 Å². The molecule has 0 saturated carbocycles. The van der Waals surface area contributed by atoms with E-state index in [9.17, 15) is 5.11 Å². The molecule has 2 aromatic carbocycles. The van der Waals surface area contributed by atoms with Crippen LogP contribution >= 0.6 is 0 Å². The highest BCUT2D eigenvalue weighted by Gasteiger charge is 2.18. The van der Waals surface area contributed by atoms with Gasteiger partial charge in [0.2, 0.25) is 0 Å². The van der Waals surface area contributed by atoms with E-state index in [1.165, 1.54) is 0 Å². The highest BCUT2D eigenvalue weighted by molar-refractivity contribution is 5.92. The summed E-state index contributed by atoms with van der Waals surface area (Å²) in [4.78, 5) is 9.49. The molecule has 1 aliphatic heterocycles. The minimum Gasteiger partial charge on any atom is -0.507 e. The molecule has 0 radical (unpaired) electrons. The number of para-hydroxylation sites is 1. The summed E-state index contributed by atoms with van der Waals surface area (Å²) in [6.07, 6.45) is 5.03. The van der Waals surface area contributed by atoms with E-state index in [-0.39, 0.29) is 5.75 Å². The van der Waals surface area contributed by atoms with Crippen LogP contribution in [0.1, 0.15) is 12.0 Å². The number of rotatable bonds is 6. The van der Waals surface area contributed by atoms with Crippen LogP contribution in [0.2, 0.25) is 0 Å². The SMILES string of the molecule is COCC=Cc1ccc2c(N[C@H]3CCNC3)nc(-c3ccccc3O)nc2c1. The predicted octanol–water partition coefficient (Wildman–Crippen LogP) is 3.44. The molecule has 0 bridgehead atoms. The number of phenols is 1. The topological polar surface area (TPSA) is 79.3 Å². The van der Waals surface area contributed by atoms with Gasteiger partial charge in [0.05, 0.1) is 17.7 Å². The second-order valence-corrected chi connectivity index (χ2v) is 6.88. The van der Waals surface area contributed by atoms with Crippen molar-refractivity contribution in [1.29, 1.82) is 0 Å². The lowest BCUT2D eigenvalue weighted by Gasteiger charge is -2.16. The molecule has 1 fully saturated rings. The molecule has 6 nitrogen and oxygen atoms in total. The molecule has 0 spiro atoms. The number of aromatic hydroxyl groups is 1. The highest BCUT2D eigenvalue weighted by Crippen LogP contribution is 2.31. The fourth-order valence-electron chi connectivity index (χ4n) is 3.40. The van der Waals surface area contributed by atoms with Gasteiger partial charge in [-0.05, 0) is 42.8 Å². The first-order chi connectivity index (χ1) is 13.7. The Hall–Kier alpha value is -2.96. The number of benzene rings is 2. The molecule has 6 heteroatoms. The quantitative estimate of drug-likeness (QED) is 0.612. The number of aromatic nitrogens is 2. The molecule has 3 N–H and O–H groups in total. The van der Waals surface area contributed by atoms with Crippen LogP contribution in [-0.4, -0.2) is 47.9 Å². The Kier molecular flexibility index (Phi) is 5.50. The van der Waals surface area contributed by atoms with E-state index in [4.69, 9.17) is 14.7 Å². The molecular formula is C22H24N4O2. The van der Waals surface area contributed by atoms with Crippen molar-refractivity contribution >= 4 is 22.8 Å². The van der Waals surface area contributed by atoms with Gasteiger partial charge < -0.3 is 20.5 Å². The summed E-state index contributed by atoms with van der Waals surface area (Å²) in [7, 11) is 1.67. The zero-order valence-corrected chi connectivity index (χ0v) is 15.9. The number of phenolic OH excluding ortho intramolecular Hbond substituents is 1. The molecule has 0 unspecified atom stereocenters. The fraction of sp³-hybridized carbons (Fsp3) is 0.273. The second kappa shape index (κ2) is 8.37. The third-order valence-electron chi connectivity index (χ3n) is 4.84. The van der Waals surface area contributed by atoms with E-state index >= 15 is 0 Å². The van der Waals surface area contributed by atoms with Gasteiger partial charge >= 0.3 is 0 Å². The van der Waals surface area contributed by atoms with Gasteiger partial charge in [-0.15, -0.1) is 0 Å². The number of nitrogens with zero attached hydrogens (tertiary/aromatic N) is 2. The van der Waals surface area contributed by atoms with Crippen molar-refractivity contribution in [1.82, 2.24) is 15.3 Å². The molecule has 144 valence electrons. The first kappa shape index (κ1) is 18.4. The third kappa shape index (κ3) is 3.98. The lowest BCUT2D eigenvalue weighted by atomic mass is 10.1. The first-order valence-corrected chi connectivity index (χ1v) is 9.47. The lowest BCUT2D eigenvalue weighted by Crippen LogP contribution is -2.23. The van der Waals surface area contributed by atoms with Gasteiger partial charge in [0.1, 0.15) is 11.6 Å². The molecule has 28 heavy (non-hydrogen) atoms. The minimum atomic E-state index is 0.173. The summed E-state index contributed by atoms with van der Waals surface area (Å²) in [5, 5.41) is 18.2. The smallest absolute Gasteiger partial charge is 0.165 e. The van der Waals surface area contributed by atoms with E-state index in [2.05, 4.69) is 16.7 Å². The Bertz CT molecular complexity index is 997. The number of hydrogen-bond donors (Lipinski definition) is 3. The number of anilines is 1. The number of fused-ring (bicyclic) bond motifs is 1. The van der Waals surface area contributed by atoms with Crippen molar-refractivity contribution in [2.75, 3.05) is 32.1 Å². The largest absolute Gasteiger partial charge is 0.507 e. The zero-order chi connectivity index (χ0) is 19.3. The molecule has 1 aliphatic rings. The van der Waals surface area contributed by atoms with Crippen molar-refractivity contribution in [3.63, 3.8) is 0 Å². The van der Waals surface area contributed by atoms with Crippen LogP contribution in [-0.2, 0) is 4.74 Å². The summed E-state index contributed by atoms with van der Waals surface area (Å²) in [6, 6.07) is 13.6. The fourth-order valence-corrected chi connectivity index (χ4v) is 3.40. The number of hydrogen-bond acceptors (Lipinski definition) is 6. The van der Waals surface area contributed by atoms with Gasteiger partial charge in [-0.3, -0.25) is 0 Å². The molecule has 1 atom stereocenters. The van der Waals surface area contributed by atoms with E-state index in [1.807, 2.05) is 36.4 Å². The van der Waals surface area contributed by atoms with Crippen LogP contribution in [0, 0.1) is 0 Å². The zero-order valence-electron chi connectivity index (χ0n) is 15.9. The van der Waals surface area contributed by atoms with Gasteiger partial charge in [0.25, 0.3) is 0 Å². The maximum Gasteiger partial charge on any atom is 0.165 e. The van der Waals surface area contributed by atoms with E-state index in [0.717, 1.165) is 41.8 Å².